The molecular weight excluding hydrogens is 795 g/mol. The summed E-state index contributed by atoms with van der Waals surface area (Å²) in [6.07, 6.45) is 4.25. The van der Waals surface area contributed by atoms with Crippen molar-refractivity contribution in [1.82, 2.24) is 4.90 Å². The molecule has 63 heavy (non-hydrogen) atoms. The van der Waals surface area contributed by atoms with Crippen molar-refractivity contribution in [2.24, 2.45) is 0 Å². The van der Waals surface area contributed by atoms with Gasteiger partial charge in [0.25, 0.3) is 5.91 Å². The van der Waals surface area contributed by atoms with Gasteiger partial charge < -0.3 is 14.2 Å². The summed E-state index contributed by atoms with van der Waals surface area (Å²) in [6.45, 7) is 21.1. The van der Waals surface area contributed by atoms with Gasteiger partial charge in [-0.1, -0.05) is 62.4 Å². The molecular formula is C51H67N5O7. The fourth-order valence-corrected chi connectivity index (χ4v) is 7.65. The van der Waals surface area contributed by atoms with Crippen LogP contribution in [-0.2, 0) is 49.5 Å². The minimum absolute atomic E-state index is 0.0187. The summed E-state index contributed by atoms with van der Waals surface area (Å²) >= 11 is 0. The van der Waals surface area contributed by atoms with Crippen LogP contribution in [0.25, 0.3) is 0 Å². The maximum atomic E-state index is 13.7. The lowest BCUT2D eigenvalue weighted by molar-refractivity contribution is -0.123. The SMILES string of the molecule is CC(C)OCC(=O)N1c2ccccc2CCc2ccc(NC(=O)OC(C)(C)C)cc21.CCCN(CCC)CC(=O)N1c2ccccc2CCc2ccc(NC(=O)OC(C)(C)C)cc21. The van der Waals surface area contributed by atoms with Gasteiger partial charge >= 0.3 is 12.2 Å². The molecule has 0 aliphatic carbocycles. The third-order valence-corrected chi connectivity index (χ3v) is 10.2. The molecule has 0 aromatic heterocycles. The second kappa shape index (κ2) is 21.6. The molecule has 4 aromatic carbocycles. The number of carbonyl (C=O) groups excluding carboxylic acids is 4. The molecule has 2 aliphatic heterocycles. The molecule has 0 saturated heterocycles. The van der Waals surface area contributed by atoms with Crippen molar-refractivity contribution in [3.63, 3.8) is 0 Å². The van der Waals surface area contributed by atoms with E-state index in [0.717, 1.165) is 96.6 Å². The third-order valence-electron chi connectivity index (χ3n) is 10.2. The van der Waals surface area contributed by atoms with Crippen molar-refractivity contribution < 1.29 is 33.4 Å². The van der Waals surface area contributed by atoms with Crippen LogP contribution in [0.15, 0.2) is 84.9 Å². The van der Waals surface area contributed by atoms with Gasteiger partial charge in [-0.25, -0.2) is 9.59 Å². The summed E-state index contributed by atoms with van der Waals surface area (Å²) in [5.41, 5.74) is 7.75. The number of hydrogen-bond donors (Lipinski definition) is 2. The van der Waals surface area contributed by atoms with Gasteiger partial charge in [-0.2, -0.15) is 0 Å². The molecule has 0 unspecified atom stereocenters. The summed E-state index contributed by atoms with van der Waals surface area (Å²) in [6, 6.07) is 27.4. The second-order valence-electron chi connectivity index (χ2n) is 18.3. The average Bonchev–Trinajstić information content (AvgIpc) is 3.46. The highest BCUT2D eigenvalue weighted by Crippen LogP contribution is 2.39. The summed E-state index contributed by atoms with van der Waals surface area (Å²) in [5, 5.41) is 5.60. The lowest BCUT2D eigenvalue weighted by atomic mass is 10.0. The molecule has 0 spiro atoms. The number of aryl methyl sites for hydroxylation is 4. The number of nitrogens with zero attached hydrogens (tertiary/aromatic N) is 3. The van der Waals surface area contributed by atoms with E-state index in [-0.39, 0.29) is 24.5 Å². The average molecular weight is 862 g/mol. The molecule has 4 aromatic rings. The van der Waals surface area contributed by atoms with Gasteiger partial charge in [-0.05, 0) is 166 Å². The van der Waals surface area contributed by atoms with E-state index < -0.39 is 23.4 Å². The van der Waals surface area contributed by atoms with Crippen LogP contribution >= 0.6 is 0 Å². The zero-order valence-electron chi connectivity index (χ0n) is 38.9. The summed E-state index contributed by atoms with van der Waals surface area (Å²) < 4.78 is 16.4. The summed E-state index contributed by atoms with van der Waals surface area (Å²) in [5.74, 6) is -0.101. The fourth-order valence-electron chi connectivity index (χ4n) is 7.65. The number of ether oxygens (including phenoxy) is 3. The number of nitrogens with one attached hydrogen (secondary N) is 2. The van der Waals surface area contributed by atoms with E-state index in [0.29, 0.717) is 17.9 Å². The molecule has 0 bridgehead atoms. The molecule has 2 N–H and O–H groups in total. The van der Waals surface area contributed by atoms with E-state index in [1.54, 1.807) is 4.90 Å². The van der Waals surface area contributed by atoms with E-state index in [4.69, 9.17) is 14.2 Å². The predicted molar refractivity (Wildman–Crippen MR) is 253 cm³/mol. The molecule has 2 heterocycles. The van der Waals surface area contributed by atoms with Gasteiger partial charge in [0.15, 0.2) is 0 Å². The number of carbonyl (C=O) groups is 4. The van der Waals surface area contributed by atoms with E-state index in [1.807, 2.05) is 139 Å². The molecule has 0 saturated carbocycles. The quantitative estimate of drug-likeness (QED) is 0.152. The Kier molecular flexibility index (Phi) is 16.5. The Hall–Kier alpha value is -5.72. The van der Waals surface area contributed by atoms with Gasteiger partial charge in [0.2, 0.25) is 5.91 Å². The number of amides is 4. The van der Waals surface area contributed by atoms with Crippen molar-refractivity contribution in [3.05, 3.63) is 107 Å². The van der Waals surface area contributed by atoms with Gasteiger partial charge in [-0.15, -0.1) is 0 Å². The van der Waals surface area contributed by atoms with Crippen molar-refractivity contribution in [2.45, 2.75) is 125 Å². The Morgan fingerprint density at radius 1 is 0.587 bits per heavy atom. The zero-order chi connectivity index (χ0) is 45.9. The Balaban J connectivity index is 0.000000239. The highest BCUT2D eigenvalue weighted by molar-refractivity contribution is 6.05. The van der Waals surface area contributed by atoms with Crippen LogP contribution in [0.5, 0.6) is 0 Å². The van der Waals surface area contributed by atoms with E-state index in [9.17, 15) is 19.2 Å². The summed E-state index contributed by atoms with van der Waals surface area (Å²) in [4.78, 5) is 57.3. The first-order valence-corrected chi connectivity index (χ1v) is 22.3. The highest BCUT2D eigenvalue weighted by Gasteiger charge is 2.29. The topological polar surface area (TPSA) is 130 Å². The predicted octanol–water partition coefficient (Wildman–Crippen LogP) is 11.1. The smallest absolute Gasteiger partial charge is 0.412 e. The van der Waals surface area contributed by atoms with Crippen LogP contribution in [0.1, 0.15) is 104 Å². The molecule has 0 radical (unpaired) electrons. The molecule has 338 valence electrons. The molecule has 12 nitrogen and oxygen atoms in total. The normalized spacial score (nSPS) is 13.3. The zero-order valence-corrected chi connectivity index (χ0v) is 38.9. The van der Waals surface area contributed by atoms with E-state index in [1.165, 1.54) is 0 Å². The molecule has 4 amide bonds. The van der Waals surface area contributed by atoms with E-state index >= 15 is 0 Å². The highest BCUT2D eigenvalue weighted by atomic mass is 16.6. The molecule has 0 atom stereocenters. The van der Waals surface area contributed by atoms with Gasteiger partial charge in [0.05, 0.1) is 35.4 Å². The number of hydrogen-bond acceptors (Lipinski definition) is 8. The number of rotatable bonds is 11. The monoisotopic (exact) mass is 862 g/mol. The molecule has 12 heteroatoms. The largest absolute Gasteiger partial charge is 0.444 e. The standard InChI is InChI=1S/C27H37N3O3.C24H30N2O4/c1-6-16-29(17-7-2)19-25(31)30-23-11-9-8-10-20(23)12-13-21-14-15-22(18-24(21)30)28-26(32)33-27(3,4)5;1-16(2)29-15-22(27)26-20-9-7-6-8-17(20)10-11-18-12-13-19(14-21(18)26)25-23(28)30-24(3,4)5/h8-11,14-15,18H,6-7,12-13,16-17,19H2,1-5H3,(H,28,32);6-9,12-14,16H,10-11,15H2,1-5H3,(H,25,28). The maximum absolute atomic E-state index is 13.7. The van der Waals surface area contributed by atoms with Crippen molar-refractivity contribution in [1.29, 1.82) is 0 Å². The van der Waals surface area contributed by atoms with Crippen LogP contribution in [0.4, 0.5) is 43.7 Å². The lowest BCUT2D eigenvalue weighted by Gasteiger charge is -2.29. The number of fused-ring (bicyclic) bond motifs is 4. The van der Waals surface area contributed by atoms with Crippen LogP contribution in [0.3, 0.4) is 0 Å². The van der Waals surface area contributed by atoms with Crippen molar-refractivity contribution in [2.75, 3.05) is 46.7 Å². The first kappa shape index (κ1) is 48.3. The summed E-state index contributed by atoms with van der Waals surface area (Å²) in [7, 11) is 0. The number of para-hydroxylation sites is 2. The third kappa shape index (κ3) is 13.9. The maximum Gasteiger partial charge on any atom is 0.412 e. The Morgan fingerprint density at radius 3 is 1.38 bits per heavy atom. The Morgan fingerprint density at radius 2 is 0.984 bits per heavy atom. The Labute approximate surface area is 374 Å². The van der Waals surface area contributed by atoms with Crippen LogP contribution < -0.4 is 20.4 Å². The minimum Gasteiger partial charge on any atom is -0.444 e. The number of anilines is 6. The van der Waals surface area contributed by atoms with E-state index in [2.05, 4.69) is 35.4 Å². The van der Waals surface area contributed by atoms with Gasteiger partial charge in [-0.3, -0.25) is 34.9 Å². The van der Waals surface area contributed by atoms with Crippen LogP contribution in [-0.4, -0.2) is 72.4 Å². The lowest BCUT2D eigenvalue weighted by Crippen LogP contribution is -2.39. The van der Waals surface area contributed by atoms with Crippen molar-refractivity contribution >= 4 is 58.1 Å². The van der Waals surface area contributed by atoms with Crippen LogP contribution in [0, 0.1) is 0 Å². The first-order chi connectivity index (χ1) is 29.8. The minimum atomic E-state index is -0.592. The second-order valence-corrected chi connectivity index (χ2v) is 18.3. The van der Waals surface area contributed by atoms with Crippen LogP contribution in [0.2, 0.25) is 0 Å². The molecule has 6 rings (SSSR count). The fraction of sp³-hybridized carbons (Fsp3) is 0.451. The van der Waals surface area contributed by atoms with Gasteiger partial charge in [0.1, 0.15) is 17.8 Å². The molecule has 0 fully saturated rings. The van der Waals surface area contributed by atoms with Gasteiger partial charge in [0, 0.05) is 11.4 Å². The Bertz CT molecular complexity index is 2220. The number of benzene rings is 4. The molecule has 2 aliphatic rings. The first-order valence-electron chi connectivity index (χ1n) is 22.3. The van der Waals surface area contributed by atoms with Crippen molar-refractivity contribution in [3.8, 4) is 0 Å².